The summed E-state index contributed by atoms with van der Waals surface area (Å²) >= 11 is 0. The monoisotopic (exact) mass is 315 g/mol. The van der Waals surface area contributed by atoms with Crippen LogP contribution in [0.5, 0.6) is 0 Å². The van der Waals surface area contributed by atoms with Gasteiger partial charge in [0.25, 0.3) is 0 Å². The Bertz CT molecular complexity index is 500. The molecule has 0 heterocycles. The van der Waals surface area contributed by atoms with Crippen LogP contribution in [-0.4, -0.2) is 32.0 Å². The number of halogens is 3. The molecule has 0 amide bonds. The van der Waals surface area contributed by atoms with E-state index in [0.29, 0.717) is 5.56 Å². The van der Waals surface area contributed by atoms with Crippen molar-refractivity contribution in [3.8, 4) is 11.5 Å². The number of hydrogen-bond acceptors (Lipinski definition) is 2. The van der Waals surface area contributed by atoms with Gasteiger partial charge in [0.05, 0.1) is 12.6 Å². The average Bonchev–Trinajstić information content (AvgIpc) is 2.37. The lowest BCUT2D eigenvalue weighted by atomic mass is 10.1. The Balaban J connectivity index is 2.97. The van der Waals surface area contributed by atoms with Gasteiger partial charge in [-0.15, -0.1) is 5.54 Å². The van der Waals surface area contributed by atoms with Gasteiger partial charge in [0.15, 0.2) is 6.04 Å². The third-order valence-electron chi connectivity index (χ3n) is 2.67. The Morgan fingerprint density at radius 3 is 2.19 bits per heavy atom. The molecule has 1 aromatic carbocycles. The largest absolute Gasteiger partial charge is 0.415 e. The molecular formula is C15H20F3NOSi. The second-order valence-electron chi connectivity index (χ2n) is 5.81. The van der Waals surface area contributed by atoms with Gasteiger partial charge in [0.2, 0.25) is 0 Å². The highest BCUT2D eigenvalue weighted by atomic mass is 28.3. The van der Waals surface area contributed by atoms with Gasteiger partial charge in [-0.25, -0.2) is 0 Å². The fourth-order valence-electron chi connectivity index (χ4n) is 1.65. The number of nitrogens with one attached hydrogen (secondary N) is 1. The van der Waals surface area contributed by atoms with Crippen LogP contribution in [0.4, 0.5) is 13.2 Å². The van der Waals surface area contributed by atoms with E-state index in [0.717, 1.165) is 0 Å². The molecule has 0 aromatic heterocycles. The van der Waals surface area contributed by atoms with Crippen LogP contribution in [0.1, 0.15) is 11.6 Å². The van der Waals surface area contributed by atoms with E-state index in [1.54, 1.807) is 30.3 Å². The molecule has 0 aliphatic heterocycles. The van der Waals surface area contributed by atoms with Gasteiger partial charge in [-0.2, -0.15) is 13.2 Å². The third-order valence-corrected chi connectivity index (χ3v) is 3.57. The number of alkyl halides is 3. The number of hydrogen-bond donors (Lipinski definition) is 2. The molecule has 0 fully saturated rings. The van der Waals surface area contributed by atoms with E-state index in [-0.39, 0.29) is 0 Å². The highest BCUT2D eigenvalue weighted by molar-refractivity contribution is 6.83. The maximum absolute atomic E-state index is 13.1. The molecule has 1 rings (SSSR count). The van der Waals surface area contributed by atoms with E-state index in [1.807, 2.05) is 19.6 Å². The average molecular weight is 315 g/mol. The first-order valence-corrected chi connectivity index (χ1v) is 10.1. The van der Waals surface area contributed by atoms with Crippen molar-refractivity contribution in [2.75, 3.05) is 6.61 Å². The Labute approximate surface area is 124 Å². The third kappa shape index (κ3) is 6.34. The van der Waals surface area contributed by atoms with Crippen LogP contribution in [-0.2, 0) is 0 Å². The van der Waals surface area contributed by atoms with Crippen molar-refractivity contribution in [2.45, 2.75) is 37.9 Å². The second kappa shape index (κ2) is 7.12. The van der Waals surface area contributed by atoms with Crippen molar-refractivity contribution < 1.29 is 18.3 Å². The first-order valence-electron chi connectivity index (χ1n) is 6.65. The van der Waals surface area contributed by atoms with Gasteiger partial charge in [-0.05, 0) is 5.56 Å². The molecule has 21 heavy (non-hydrogen) atoms. The first kappa shape index (κ1) is 17.8. The topological polar surface area (TPSA) is 32.3 Å². The van der Waals surface area contributed by atoms with Gasteiger partial charge < -0.3 is 5.11 Å². The minimum Gasteiger partial charge on any atom is -0.394 e. The maximum atomic E-state index is 13.1. The van der Waals surface area contributed by atoms with Gasteiger partial charge >= 0.3 is 6.18 Å². The summed E-state index contributed by atoms with van der Waals surface area (Å²) in [4.78, 5) is 0. The summed E-state index contributed by atoms with van der Waals surface area (Å²) in [6, 6.07) is 5.81. The van der Waals surface area contributed by atoms with Crippen molar-refractivity contribution in [3.05, 3.63) is 35.9 Å². The van der Waals surface area contributed by atoms with Crippen LogP contribution in [0.15, 0.2) is 30.3 Å². The molecule has 6 heteroatoms. The zero-order valence-corrected chi connectivity index (χ0v) is 13.3. The zero-order valence-electron chi connectivity index (χ0n) is 12.3. The summed E-state index contributed by atoms with van der Waals surface area (Å²) in [6.07, 6.45) is -4.48. The summed E-state index contributed by atoms with van der Waals surface area (Å²) in [6.45, 7) is 5.22. The van der Waals surface area contributed by atoms with Crippen molar-refractivity contribution in [3.63, 3.8) is 0 Å². The molecule has 0 radical (unpaired) electrons. The molecule has 0 bridgehead atoms. The molecule has 0 spiro atoms. The summed E-state index contributed by atoms with van der Waals surface area (Å²) in [5.74, 6) is 2.30. The van der Waals surface area contributed by atoms with Gasteiger partial charge in [0.1, 0.15) is 8.07 Å². The Kier molecular flexibility index (Phi) is 6.02. The van der Waals surface area contributed by atoms with Gasteiger partial charge in [-0.1, -0.05) is 55.9 Å². The predicted octanol–water partition coefficient (Wildman–Crippen LogP) is 3.12. The van der Waals surface area contributed by atoms with Crippen molar-refractivity contribution in [2.24, 2.45) is 0 Å². The number of aliphatic hydroxyl groups is 1. The fraction of sp³-hybridized carbons (Fsp3) is 0.467. The fourth-order valence-corrected chi connectivity index (χ4v) is 2.22. The number of benzene rings is 1. The minimum atomic E-state index is -4.48. The van der Waals surface area contributed by atoms with Crippen molar-refractivity contribution in [1.82, 2.24) is 5.32 Å². The van der Waals surface area contributed by atoms with Crippen LogP contribution in [0.2, 0.25) is 19.6 Å². The lowest BCUT2D eigenvalue weighted by molar-refractivity contribution is -0.144. The Hall–Kier alpha value is -1.29. The molecule has 2 atom stereocenters. The number of aliphatic hydroxyl groups excluding tert-OH is 1. The molecule has 0 aliphatic carbocycles. The van der Waals surface area contributed by atoms with E-state index in [1.165, 1.54) is 0 Å². The standard InChI is InChI=1S/C15H20F3NOSi/c1-21(2,3)10-9-14(15(16,17)18)19-13(11-20)12-7-5-4-6-8-12/h4-8,13-14,19-20H,11H2,1-3H3/t13-,14+/m0/s1. The van der Waals surface area contributed by atoms with E-state index in [9.17, 15) is 18.3 Å². The molecule has 0 unspecified atom stereocenters. The lowest BCUT2D eigenvalue weighted by Crippen LogP contribution is -2.44. The van der Waals surface area contributed by atoms with Crippen molar-refractivity contribution in [1.29, 1.82) is 0 Å². The summed E-state index contributed by atoms with van der Waals surface area (Å²) < 4.78 is 39.2. The van der Waals surface area contributed by atoms with Gasteiger partial charge in [-0.3, -0.25) is 5.32 Å². The van der Waals surface area contributed by atoms with Crippen LogP contribution < -0.4 is 5.32 Å². The van der Waals surface area contributed by atoms with E-state index >= 15 is 0 Å². The number of rotatable bonds is 4. The molecule has 0 aliphatic rings. The van der Waals surface area contributed by atoms with E-state index in [2.05, 4.69) is 16.8 Å². The summed E-state index contributed by atoms with van der Waals surface area (Å²) in [5, 5.41) is 11.8. The molecule has 2 N–H and O–H groups in total. The van der Waals surface area contributed by atoms with Crippen LogP contribution in [0, 0.1) is 11.5 Å². The minimum absolute atomic E-state index is 0.425. The lowest BCUT2D eigenvalue weighted by Gasteiger charge is -2.23. The predicted molar refractivity (Wildman–Crippen MR) is 80.4 cm³/mol. The normalized spacial score (nSPS) is 15.0. The second-order valence-corrected chi connectivity index (χ2v) is 10.6. The van der Waals surface area contributed by atoms with Gasteiger partial charge in [0, 0.05) is 0 Å². The Morgan fingerprint density at radius 1 is 1.19 bits per heavy atom. The SMILES string of the molecule is C[Si](C)(C)C#C[C@@H](N[C@@H](CO)c1ccccc1)C(F)(F)F. The highest BCUT2D eigenvalue weighted by Crippen LogP contribution is 2.23. The molecule has 0 saturated heterocycles. The molecule has 116 valence electrons. The molecular weight excluding hydrogens is 295 g/mol. The molecule has 0 saturated carbocycles. The zero-order chi connectivity index (χ0) is 16.1. The summed E-state index contributed by atoms with van der Waals surface area (Å²) in [7, 11) is -1.90. The quantitative estimate of drug-likeness (QED) is 0.661. The molecule has 1 aromatic rings. The van der Waals surface area contributed by atoms with Crippen LogP contribution in [0.25, 0.3) is 0 Å². The van der Waals surface area contributed by atoms with Crippen LogP contribution in [0.3, 0.4) is 0 Å². The molecule has 2 nitrogen and oxygen atoms in total. The van der Waals surface area contributed by atoms with Crippen molar-refractivity contribution >= 4 is 8.07 Å². The first-order chi connectivity index (χ1) is 9.63. The Morgan fingerprint density at radius 2 is 1.76 bits per heavy atom. The van der Waals surface area contributed by atoms with Crippen LogP contribution >= 0.6 is 0 Å². The van der Waals surface area contributed by atoms with E-state index < -0.39 is 32.9 Å². The van der Waals surface area contributed by atoms with E-state index in [4.69, 9.17) is 0 Å². The summed E-state index contributed by atoms with van der Waals surface area (Å²) in [5.41, 5.74) is 3.34. The maximum Gasteiger partial charge on any atom is 0.415 e. The smallest absolute Gasteiger partial charge is 0.394 e. The highest BCUT2D eigenvalue weighted by Gasteiger charge is 2.40.